The van der Waals surface area contributed by atoms with Crippen LogP contribution in [0.5, 0.6) is 0 Å². The Morgan fingerprint density at radius 3 is 2.46 bits per heavy atom. The highest BCUT2D eigenvalue weighted by atomic mass is 32.2. The highest BCUT2D eigenvalue weighted by molar-refractivity contribution is 7.85. The van der Waals surface area contributed by atoms with E-state index in [1.807, 2.05) is 0 Å². The van der Waals surface area contributed by atoms with Crippen molar-refractivity contribution in [2.45, 2.75) is 11.8 Å². The van der Waals surface area contributed by atoms with Gasteiger partial charge in [-0.15, -0.1) is 0 Å². The minimum absolute atomic E-state index is 0.0420. The lowest BCUT2D eigenvalue weighted by molar-refractivity contribution is -0.112. The van der Waals surface area contributed by atoms with Gasteiger partial charge in [0.2, 0.25) is 0 Å². The van der Waals surface area contributed by atoms with E-state index >= 15 is 0 Å². The first-order valence-electron chi connectivity index (χ1n) is 7.37. The van der Waals surface area contributed by atoms with E-state index in [4.69, 9.17) is 20.3 Å². The van der Waals surface area contributed by atoms with E-state index in [1.165, 1.54) is 12.1 Å². The number of nitrogens with one attached hydrogen (secondary N) is 1. The van der Waals surface area contributed by atoms with Crippen LogP contribution in [0.15, 0.2) is 40.9 Å². The second-order valence-electron chi connectivity index (χ2n) is 4.79. The molecule has 0 saturated heterocycles. The summed E-state index contributed by atoms with van der Waals surface area (Å²) in [5.74, 6) is -0.821. The molecule has 11 heteroatoms. The van der Waals surface area contributed by atoms with Crippen molar-refractivity contribution < 1.29 is 27.3 Å². The zero-order valence-corrected chi connectivity index (χ0v) is 14.7. The largest absolute Gasteiger partial charge is 0.449 e. The van der Waals surface area contributed by atoms with Crippen molar-refractivity contribution >= 4 is 27.8 Å². The first-order chi connectivity index (χ1) is 12.2. The van der Waals surface area contributed by atoms with Crippen LogP contribution in [0, 0.1) is 11.3 Å². The Morgan fingerprint density at radius 2 is 2.00 bits per heavy atom. The molecule has 0 radical (unpaired) electrons. The average Bonchev–Trinajstić information content (AvgIpc) is 2.58. The van der Waals surface area contributed by atoms with E-state index < -0.39 is 22.1 Å². The molecule has 0 aromatic heterocycles. The van der Waals surface area contributed by atoms with Crippen molar-refractivity contribution in [2.75, 3.05) is 25.0 Å². The molecule has 0 bridgehead atoms. The maximum Gasteiger partial charge on any atom is 0.413 e. The lowest BCUT2D eigenvalue weighted by atomic mass is 10.2. The number of benzene rings is 1. The van der Waals surface area contributed by atoms with E-state index in [2.05, 4.69) is 5.32 Å². The number of hydrogen-bond acceptors (Lipinski definition) is 7. The minimum Gasteiger partial charge on any atom is -0.449 e. The summed E-state index contributed by atoms with van der Waals surface area (Å²) in [5, 5.41) is 11.5. The van der Waals surface area contributed by atoms with Crippen LogP contribution in [0.25, 0.3) is 0 Å². The van der Waals surface area contributed by atoms with E-state index in [9.17, 15) is 18.0 Å². The Morgan fingerprint density at radius 1 is 1.38 bits per heavy atom. The molecular weight excluding hydrogens is 364 g/mol. The molecule has 1 aromatic carbocycles. The first kappa shape index (κ1) is 21.1. The number of nitrogens with zero attached hydrogens (tertiary/aromatic N) is 2. The predicted molar refractivity (Wildman–Crippen MR) is 91.4 cm³/mol. The molecule has 0 aliphatic heterocycles. The molecule has 140 valence electrons. The standard InChI is InChI=1S/C15H18N4O6S/c1-2-25-15(21)19(8-7-16)10-11(9-17)14(20)18-12-3-5-13(6-4-12)26(22,23)24/h3-6,10H,2,7-8,16H2,1H3,(H,18,20)(H,22,23,24)/b11-10-. The van der Waals surface area contributed by atoms with Gasteiger partial charge in [0.25, 0.3) is 16.0 Å². The van der Waals surface area contributed by atoms with Crippen LogP contribution < -0.4 is 11.1 Å². The van der Waals surface area contributed by atoms with Crippen LogP contribution in [0.3, 0.4) is 0 Å². The predicted octanol–water partition coefficient (Wildman–Crippen LogP) is 0.696. The molecule has 0 saturated carbocycles. The highest BCUT2D eigenvalue weighted by Crippen LogP contribution is 2.14. The summed E-state index contributed by atoms with van der Waals surface area (Å²) < 4.78 is 35.7. The number of nitriles is 1. The van der Waals surface area contributed by atoms with Gasteiger partial charge in [-0.2, -0.15) is 13.7 Å². The van der Waals surface area contributed by atoms with Crippen LogP contribution in [-0.2, 0) is 19.6 Å². The van der Waals surface area contributed by atoms with Gasteiger partial charge in [-0.3, -0.25) is 14.2 Å². The van der Waals surface area contributed by atoms with E-state index in [0.29, 0.717) is 0 Å². The Bertz CT molecular complexity index is 827. The normalized spacial score (nSPS) is 11.4. The summed E-state index contributed by atoms with van der Waals surface area (Å²) in [5.41, 5.74) is 5.20. The molecule has 1 rings (SSSR count). The number of amides is 2. The van der Waals surface area contributed by atoms with Crippen LogP contribution in [0.1, 0.15) is 6.92 Å². The second-order valence-corrected chi connectivity index (χ2v) is 6.21. The number of hydrogen-bond donors (Lipinski definition) is 3. The highest BCUT2D eigenvalue weighted by Gasteiger charge is 2.17. The van der Waals surface area contributed by atoms with Gasteiger partial charge < -0.3 is 15.8 Å². The molecule has 0 spiro atoms. The maximum absolute atomic E-state index is 12.2. The van der Waals surface area contributed by atoms with Gasteiger partial charge in [0.15, 0.2) is 0 Å². The van der Waals surface area contributed by atoms with Crippen LogP contribution in [0.2, 0.25) is 0 Å². The summed E-state index contributed by atoms with van der Waals surface area (Å²) in [6.45, 7) is 1.85. The molecule has 4 N–H and O–H groups in total. The van der Waals surface area contributed by atoms with Crippen molar-refractivity contribution in [1.29, 1.82) is 5.26 Å². The van der Waals surface area contributed by atoms with Crippen LogP contribution >= 0.6 is 0 Å². The van der Waals surface area contributed by atoms with Crippen LogP contribution in [-0.4, -0.2) is 49.6 Å². The Balaban J connectivity index is 2.97. The summed E-state index contributed by atoms with van der Waals surface area (Å²) in [6.07, 6.45) is 0.267. The third-order valence-corrected chi connectivity index (χ3v) is 3.80. The lowest BCUT2D eigenvalue weighted by Crippen LogP contribution is -2.32. The van der Waals surface area contributed by atoms with Gasteiger partial charge in [0, 0.05) is 25.0 Å². The van der Waals surface area contributed by atoms with Gasteiger partial charge in [0.05, 0.1) is 11.5 Å². The van der Waals surface area contributed by atoms with E-state index in [1.54, 1.807) is 13.0 Å². The molecular formula is C15H18N4O6S. The fraction of sp³-hybridized carbons (Fsp3) is 0.267. The molecule has 1 aromatic rings. The van der Waals surface area contributed by atoms with Gasteiger partial charge in [-0.05, 0) is 31.2 Å². The number of anilines is 1. The molecule has 0 aliphatic carbocycles. The van der Waals surface area contributed by atoms with Crippen molar-refractivity contribution in [3.05, 3.63) is 36.0 Å². The number of carbonyl (C=O) groups excluding carboxylic acids is 2. The molecule has 2 amide bonds. The molecule has 0 heterocycles. The summed E-state index contributed by atoms with van der Waals surface area (Å²) >= 11 is 0. The topological polar surface area (TPSA) is 163 Å². The van der Waals surface area contributed by atoms with E-state index in [0.717, 1.165) is 23.2 Å². The monoisotopic (exact) mass is 382 g/mol. The number of carbonyl (C=O) groups is 2. The zero-order valence-electron chi connectivity index (χ0n) is 13.9. The van der Waals surface area contributed by atoms with Gasteiger partial charge in [0.1, 0.15) is 11.6 Å². The quantitative estimate of drug-likeness (QED) is 0.352. The average molecular weight is 382 g/mol. The Labute approximate surface area is 150 Å². The van der Waals surface area contributed by atoms with Crippen LogP contribution in [0.4, 0.5) is 10.5 Å². The Hall–Kier alpha value is -2.94. The SMILES string of the molecule is CCOC(=O)N(/C=C(/C#N)C(=O)Nc1ccc(S(=O)(=O)O)cc1)CCN. The smallest absolute Gasteiger partial charge is 0.413 e. The Kier molecular flexibility index (Phi) is 7.73. The van der Waals surface area contributed by atoms with E-state index in [-0.39, 0.29) is 35.9 Å². The third kappa shape index (κ3) is 6.17. The van der Waals surface area contributed by atoms with Crippen molar-refractivity contribution in [3.63, 3.8) is 0 Å². The molecule has 0 fully saturated rings. The molecule has 26 heavy (non-hydrogen) atoms. The summed E-state index contributed by atoms with van der Waals surface area (Å²) in [4.78, 5) is 24.6. The summed E-state index contributed by atoms with van der Waals surface area (Å²) in [6, 6.07) is 6.30. The number of ether oxygens (including phenoxy) is 1. The zero-order chi connectivity index (χ0) is 19.7. The number of rotatable bonds is 7. The third-order valence-electron chi connectivity index (χ3n) is 2.93. The molecule has 0 aliphatic rings. The van der Waals surface area contributed by atoms with Crippen molar-refractivity contribution in [3.8, 4) is 6.07 Å². The van der Waals surface area contributed by atoms with Crippen molar-refractivity contribution in [2.24, 2.45) is 5.73 Å². The molecule has 0 unspecified atom stereocenters. The van der Waals surface area contributed by atoms with Gasteiger partial charge in [-0.25, -0.2) is 4.79 Å². The number of nitrogens with two attached hydrogens (primary N) is 1. The van der Waals surface area contributed by atoms with Gasteiger partial charge in [-0.1, -0.05) is 0 Å². The minimum atomic E-state index is -4.35. The fourth-order valence-corrected chi connectivity index (χ4v) is 2.24. The maximum atomic E-state index is 12.2. The molecule has 0 atom stereocenters. The lowest BCUT2D eigenvalue weighted by Gasteiger charge is -2.17. The van der Waals surface area contributed by atoms with Crippen molar-refractivity contribution in [1.82, 2.24) is 4.90 Å². The first-order valence-corrected chi connectivity index (χ1v) is 8.81. The molecule has 10 nitrogen and oxygen atoms in total. The summed E-state index contributed by atoms with van der Waals surface area (Å²) in [7, 11) is -4.35. The fourth-order valence-electron chi connectivity index (χ4n) is 1.76. The van der Waals surface area contributed by atoms with Gasteiger partial charge >= 0.3 is 6.09 Å². The second kappa shape index (κ2) is 9.52.